The molecule has 1 N–H and O–H groups in total. The van der Waals surface area contributed by atoms with Crippen LogP contribution >= 0.6 is 0 Å². The smallest absolute Gasteiger partial charge is 0.246 e. The molecule has 1 aliphatic rings. The molecule has 0 aromatic heterocycles. The van der Waals surface area contributed by atoms with Gasteiger partial charge in [0.05, 0.1) is 0 Å². The van der Waals surface area contributed by atoms with E-state index in [-0.39, 0.29) is 24.3 Å². The van der Waals surface area contributed by atoms with Crippen LogP contribution < -0.4 is 10.2 Å². The van der Waals surface area contributed by atoms with Crippen molar-refractivity contribution in [2.45, 2.75) is 19.9 Å². The number of anilines is 1. The van der Waals surface area contributed by atoms with Gasteiger partial charge in [-0.15, -0.1) is 0 Å². The molecule has 1 aromatic rings. The summed E-state index contributed by atoms with van der Waals surface area (Å²) >= 11 is 0. The first kappa shape index (κ1) is 15.0. The van der Waals surface area contributed by atoms with Crippen molar-refractivity contribution in [3.05, 3.63) is 30.3 Å². The summed E-state index contributed by atoms with van der Waals surface area (Å²) in [6.07, 6.45) is 0. The molecule has 0 saturated carbocycles. The molecule has 21 heavy (non-hydrogen) atoms. The number of rotatable bonds is 3. The van der Waals surface area contributed by atoms with Gasteiger partial charge in [-0.25, -0.2) is 0 Å². The van der Waals surface area contributed by atoms with E-state index in [1.807, 2.05) is 30.3 Å². The van der Waals surface area contributed by atoms with E-state index in [4.69, 9.17) is 0 Å². The van der Waals surface area contributed by atoms with Gasteiger partial charge in [0.15, 0.2) is 0 Å². The van der Waals surface area contributed by atoms with Gasteiger partial charge in [-0.05, 0) is 19.1 Å². The van der Waals surface area contributed by atoms with E-state index < -0.39 is 6.04 Å². The number of carbonyl (C=O) groups excluding carboxylic acids is 3. The second-order valence-electron chi connectivity index (χ2n) is 5.06. The molecule has 0 spiro atoms. The zero-order valence-electron chi connectivity index (χ0n) is 12.2. The molecule has 0 aliphatic carbocycles. The van der Waals surface area contributed by atoms with Crippen LogP contribution in [0.25, 0.3) is 0 Å². The molecule has 1 heterocycles. The van der Waals surface area contributed by atoms with Gasteiger partial charge < -0.3 is 15.1 Å². The highest BCUT2D eigenvalue weighted by Crippen LogP contribution is 2.16. The average molecular weight is 289 g/mol. The SMILES string of the molecule is CC(=O)N[C@@H](C)C(=O)N1CCN(c2ccccc2)C(=O)C1. The normalized spacial score (nSPS) is 16.6. The van der Waals surface area contributed by atoms with Gasteiger partial charge in [-0.3, -0.25) is 14.4 Å². The monoisotopic (exact) mass is 289 g/mol. The molecular weight excluding hydrogens is 270 g/mol. The Labute approximate surface area is 123 Å². The van der Waals surface area contributed by atoms with Crippen molar-refractivity contribution >= 4 is 23.4 Å². The van der Waals surface area contributed by atoms with E-state index >= 15 is 0 Å². The van der Waals surface area contributed by atoms with Crippen LogP contribution in [0.2, 0.25) is 0 Å². The topological polar surface area (TPSA) is 69.7 Å². The number of carbonyl (C=O) groups is 3. The average Bonchev–Trinajstić information content (AvgIpc) is 2.46. The minimum Gasteiger partial charge on any atom is -0.345 e. The highest BCUT2D eigenvalue weighted by atomic mass is 16.2. The fourth-order valence-electron chi connectivity index (χ4n) is 2.38. The van der Waals surface area contributed by atoms with Crippen molar-refractivity contribution in [3.63, 3.8) is 0 Å². The van der Waals surface area contributed by atoms with Gasteiger partial charge in [-0.1, -0.05) is 18.2 Å². The van der Waals surface area contributed by atoms with E-state index in [1.54, 1.807) is 11.8 Å². The Morgan fingerprint density at radius 1 is 1.19 bits per heavy atom. The van der Waals surface area contributed by atoms with Gasteiger partial charge in [-0.2, -0.15) is 0 Å². The van der Waals surface area contributed by atoms with Crippen LogP contribution in [-0.2, 0) is 14.4 Å². The summed E-state index contributed by atoms with van der Waals surface area (Å²) < 4.78 is 0. The third-order valence-corrected chi connectivity index (χ3v) is 3.39. The minimum atomic E-state index is -0.612. The summed E-state index contributed by atoms with van der Waals surface area (Å²) in [6.45, 7) is 3.95. The Morgan fingerprint density at radius 3 is 2.43 bits per heavy atom. The number of benzene rings is 1. The second kappa shape index (κ2) is 6.39. The van der Waals surface area contributed by atoms with Crippen molar-refractivity contribution in [1.29, 1.82) is 0 Å². The number of para-hydroxylation sites is 1. The van der Waals surface area contributed by atoms with Crippen LogP contribution in [0.4, 0.5) is 5.69 Å². The summed E-state index contributed by atoms with van der Waals surface area (Å²) in [5, 5.41) is 2.54. The number of hydrogen-bond donors (Lipinski definition) is 1. The van der Waals surface area contributed by atoms with Gasteiger partial charge in [0.25, 0.3) is 0 Å². The number of piperazine rings is 1. The molecule has 1 fully saturated rings. The Bertz CT molecular complexity index is 544. The van der Waals surface area contributed by atoms with E-state index in [1.165, 1.54) is 11.8 Å². The number of nitrogens with one attached hydrogen (secondary N) is 1. The largest absolute Gasteiger partial charge is 0.345 e. The van der Waals surface area contributed by atoms with Crippen molar-refractivity contribution in [3.8, 4) is 0 Å². The molecule has 112 valence electrons. The van der Waals surface area contributed by atoms with E-state index in [0.29, 0.717) is 13.1 Å². The van der Waals surface area contributed by atoms with Gasteiger partial charge in [0.2, 0.25) is 17.7 Å². The molecule has 1 saturated heterocycles. The third kappa shape index (κ3) is 3.59. The van der Waals surface area contributed by atoms with Crippen LogP contribution in [0.15, 0.2) is 30.3 Å². The molecule has 0 radical (unpaired) electrons. The lowest BCUT2D eigenvalue weighted by molar-refractivity contribution is -0.139. The summed E-state index contributed by atoms with van der Waals surface area (Å²) in [7, 11) is 0. The molecule has 1 atom stereocenters. The molecule has 1 aliphatic heterocycles. The van der Waals surface area contributed by atoms with Crippen LogP contribution in [0.1, 0.15) is 13.8 Å². The molecule has 2 rings (SSSR count). The van der Waals surface area contributed by atoms with Gasteiger partial charge in [0.1, 0.15) is 12.6 Å². The predicted molar refractivity (Wildman–Crippen MR) is 78.7 cm³/mol. The molecule has 0 bridgehead atoms. The third-order valence-electron chi connectivity index (χ3n) is 3.39. The highest BCUT2D eigenvalue weighted by Gasteiger charge is 2.30. The predicted octanol–water partition coefficient (Wildman–Crippen LogP) is 0.386. The molecule has 6 heteroatoms. The van der Waals surface area contributed by atoms with Crippen molar-refractivity contribution in [2.75, 3.05) is 24.5 Å². The zero-order valence-corrected chi connectivity index (χ0v) is 12.2. The van der Waals surface area contributed by atoms with Crippen molar-refractivity contribution in [1.82, 2.24) is 10.2 Å². The first-order valence-corrected chi connectivity index (χ1v) is 6.90. The summed E-state index contributed by atoms with van der Waals surface area (Å²) in [4.78, 5) is 38.5. The van der Waals surface area contributed by atoms with Crippen molar-refractivity contribution < 1.29 is 14.4 Å². The molecule has 3 amide bonds. The van der Waals surface area contributed by atoms with Gasteiger partial charge >= 0.3 is 0 Å². The maximum absolute atomic E-state index is 12.2. The van der Waals surface area contributed by atoms with Crippen LogP contribution in [0.3, 0.4) is 0 Å². The Hall–Kier alpha value is -2.37. The zero-order chi connectivity index (χ0) is 15.4. The lowest BCUT2D eigenvalue weighted by Crippen LogP contribution is -2.56. The standard InChI is InChI=1S/C15H19N3O3/c1-11(16-12(2)19)15(21)17-8-9-18(14(20)10-17)13-6-4-3-5-7-13/h3-7,11H,8-10H2,1-2H3,(H,16,19)/t11-/m0/s1. The van der Waals surface area contributed by atoms with E-state index in [9.17, 15) is 14.4 Å². The van der Waals surface area contributed by atoms with Crippen LogP contribution in [0, 0.1) is 0 Å². The van der Waals surface area contributed by atoms with Crippen LogP contribution in [0.5, 0.6) is 0 Å². The number of amides is 3. The molecule has 1 aromatic carbocycles. The fraction of sp³-hybridized carbons (Fsp3) is 0.400. The second-order valence-corrected chi connectivity index (χ2v) is 5.06. The fourth-order valence-corrected chi connectivity index (χ4v) is 2.38. The maximum atomic E-state index is 12.2. The molecular formula is C15H19N3O3. The maximum Gasteiger partial charge on any atom is 0.246 e. The first-order valence-electron chi connectivity index (χ1n) is 6.90. The minimum absolute atomic E-state index is 0.0393. The number of hydrogen-bond acceptors (Lipinski definition) is 3. The van der Waals surface area contributed by atoms with Crippen LogP contribution in [-0.4, -0.2) is 48.3 Å². The highest BCUT2D eigenvalue weighted by molar-refractivity contribution is 5.98. The van der Waals surface area contributed by atoms with E-state index in [0.717, 1.165) is 5.69 Å². The molecule has 0 unspecified atom stereocenters. The lowest BCUT2D eigenvalue weighted by atomic mass is 10.2. The lowest BCUT2D eigenvalue weighted by Gasteiger charge is -2.35. The Kier molecular flexibility index (Phi) is 4.57. The summed E-state index contributed by atoms with van der Waals surface area (Å²) in [5.74, 6) is -0.604. The number of nitrogens with zero attached hydrogens (tertiary/aromatic N) is 2. The van der Waals surface area contributed by atoms with E-state index in [2.05, 4.69) is 5.32 Å². The summed E-state index contributed by atoms with van der Waals surface area (Å²) in [5.41, 5.74) is 0.838. The Morgan fingerprint density at radius 2 is 1.86 bits per heavy atom. The Balaban J connectivity index is 1.99. The molecule has 6 nitrogen and oxygen atoms in total. The first-order chi connectivity index (χ1) is 9.99. The quantitative estimate of drug-likeness (QED) is 0.875. The van der Waals surface area contributed by atoms with Gasteiger partial charge in [0, 0.05) is 25.7 Å². The van der Waals surface area contributed by atoms with Crippen molar-refractivity contribution in [2.24, 2.45) is 0 Å². The summed E-state index contributed by atoms with van der Waals surface area (Å²) in [6, 6.07) is 8.77.